The van der Waals surface area contributed by atoms with E-state index in [2.05, 4.69) is 26.1 Å². The Balaban J connectivity index is 0.00000243. The summed E-state index contributed by atoms with van der Waals surface area (Å²) in [5, 5.41) is 16.1. The molecule has 1 aromatic carbocycles. The molecule has 0 unspecified atom stereocenters. The predicted molar refractivity (Wildman–Crippen MR) is 101 cm³/mol. The van der Waals surface area contributed by atoms with E-state index in [1.54, 1.807) is 12.1 Å². The monoisotopic (exact) mass is 377 g/mol. The second-order valence-corrected chi connectivity index (χ2v) is 6.10. The van der Waals surface area contributed by atoms with Crippen LogP contribution in [-0.2, 0) is 19.5 Å². The molecule has 1 aliphatic rings. The molecule has 0 saturated carbocycles. The highest BCUT2D eigenvalue weighted by molar-refractivity contribution is 5.95. The number of fused-ring (bicyclic) bond motifs is 1. The van der Waals surface area contributed by atoms with Crippen molar-refractivity contribution >= 4 is 24.2 Å². The van der Waals surface area contributed by atoms with Crippen LogP contribution in [0.1, 0.15) is 51.0 Å². The van der Waals surface area contributed by atoms with Crippen molar-refractivity contribution in [1.82, 2.24) is 26.1 Å². The average Bonchev–Trinajstić information content (AvgIpc) is 3.08. The molecule has 0 bridgehead atoms. The third kappa shape index (κ3) is 4.62. The van der Waals surface area contributed by atoms with Crippen molar-refractivity contribution in [2.24, 2.45) is 0 Å². The number of carbonyl (C=O) groups excluding carboxylic acids is 2. The van der Waals surface area contributed by atoms with Gasteiger partial charge >= 0.3 is 0 Å². The first-order chi connectivity index (χ1) is 12.2. The highest BCUT2D eigenvalue weighted by Gasteiger charge is 2.21. The maximum Gasteiger partial charge on any atom is 0.272 e. The molecule has 4 N–H and O–H groups in total. The topological polar surface area (TPSA) is 98.9 Å². The van der Waals surface area contributed by atoms with Gasteiger partial charge in [-0.05, 0) is 24.1 Å². The molecular weight excluding hydrogens is 354 g/mol. The van der Waals surface area contributed by atoms with E-state index in [9.17, 15) is 9.59 Å². The normalized spacial score (nSPS) is 12.7. The summed E-state index contributed by atoms with van der Waals surface area (Å²) in [6.45, 7) is 4.56. The van der Waals surface area contributed by atoms with Crippen LogP contribution in [0.5, 0.6) is 0 Å². The largest absolute Gasteiger partial charge is 0.352 e. The van der Waals surface area contributed by atoms with Gasteiger partial charge in [0, 0.05) is 49.4 Å². The first-order valence-corrected chi connectivity index (χ1v) is 8.61. The quantitative estimate of drug-likeness (QED) is 0.613. The number of H-pyrrole nitrogens is 1. The van der Waals surface area contributed by atoms with Crippen LogP contribution >= 0.6 is 12.4 Å². The summed E-state index contributed by atoms with van der Waals surface area (Å²) in [7, 11) is 0. The van der Waals surface area contributed by atoms with Crippen LogP contribution in [0.3, 0.4) is 0 Å². The Kier molecular flexibility index (Phi) is 7.17. The van der Waals surface area contributed by atoms with E-state index >= 15 is 0 Å². The summed E-state index contributed by atoms with van der Waals surface area (Å²) >= 11 is 0. The second kappa shape index (κ2) is 9.35. The minimum atomic E-state index is -0.206. The predicted octanol–water partition coefficient (Wildman–Crippen LogP) is 1.55. The van der Waals surface area contributed by atoms with Gasteiger partial charge in [-0.25, -0.2) is 0 Å². The van der Waals surface area contributed by atoms with Gasteiger partial charge < -0.3 is 16.0 Å². The Morgan fingerprint density at radius 3 is 2.88 bits per heavy atom. The summed E-state index contributed by atoms with van der Waals surface area (Å²) in [6.07, 6.45) is 1.74. The van der Waals surface area contributed by atoms with E-state index in [-0.39, 0.29) is 24.2 Å². The van der Waals surface area contributed by atoms with Crippen LogP contribution in [-0.4, -0.2) is 35.1 Å². The summed E-state index contributed by atoms with van der Waals surface area (Å²) < 4.78 is 0. The lowest BCUT2D eigenvalue weighted by Gasteiger charge is -2.13. The van der Waals surface area contributed by atoms with Crippen molar-refractivity contribution in [2.75, 3.05) is 13.1 Å². The molecule has 0 aliphatic carbocycles. The zero-order valence-electron chi connectivity index (χ0n) is 14.7. The lowest BCUT2D eigenvalue weighted by atomic mass is 10.1. The van der Waals surface area contributed by atoms with Crippen LogP contribution in [0, 0.1) is 0 Å². The Labute approximate surface area is 158 Å². The number of amides is 2. The summed E-state index contributed by atoms with van der Waals surface area (Å²) in [5.41, 5.74) is 3.88. The molecule has 0 spiro atoms. The van der Waals surface area contributed by atoms with Gasteiger partial charge in [0.25, 0.3) is 11.8 Å². The molecular formula is C18H24ClN5O2. The van der Waals surface area contributed by atoms with E-state index in [0.717, 1.165) is 36.2 Å². The van der Waals surface area contributed by atoms with Crippen molar-refractivity contribution in [3.8, 4) is 0 Å². The first kappa shape index (κ1) is 19.9. The van der Waals surface area contributed by atoms with Crippen LogP contribution < -0.4 is 16.0 Å². The fraction of sp³-hybridized carbons (Fsp3) is 0.389. The molecule has 2 heterocycles. The fourth-order valence-corrected chi connectivity index (χ4v) is 2.84. The van der Waals surface area contributed by atoms with Crippen molar-refractivity contribution in [3.05, 3.63) is 52.3 Å². The maximum atomic E-state index is 12.4. The van der Waals surface area contributed by atoms with Gasteiger partial charge in [-0.3, -0.25) is 14.7 Å². The van der Waals surface area contributed by atoms with Gasteiger partial charge in [0.05, 0.1) is 0 Å². The summed E-state index contributed by atoms with van der Waals surface area (Å²) in [5.74, 6) is -0.301. The zero-order valence-corrected chi connectivity index (χ0v) is 15.5. The number of carbonyl (C=O) groups is 2. The van der Waals surface area contributed by atoms with E-state index in [0.29, 0.717) is 30.9 Å². The van der Waals surface area contributed by atoms with Crippen molar-refractivity contribution in [3.63, 3.8) is 0 Å². The van der Waals surface area contributed by atoms with Gasteiger partial charge in [-0.2, -0.15) is 5.10 Å². The molecule has 7 nitrogen and oxygen atoms in total. The Morgan fingerprint density at radius 2 is 2.08 bits per heavy atom. The number of aromatic amines is 1. The van der Waals surface area contributed by atoms with Gasteiger partial charge in [0.15, 0.2) is 5.69 Å². The molecule has 0 fully saturated rings. The number of aromatic nitrogens is 2. The molecule has 0 saturated heterocycles. The molecule has 3 rings (SSSR count). The SMILES string of the molecule is CCCNC(=O)c1cccc(CNC(=O)c2n[nH]c3c2CNCC3)c1.Cl. The number of benzene rings is 1. The molecule has 140 valence electrons. The van der Waals surface area contributed by atoms with E-state index in [4.69, 9.17) is 0 Å². The minimum Gasteiger partial charge on any atom is -0.352 e. The highest BCUT2D eigenvalue weighted by Crippen LogP contribution is 2.15. The molecule has 2 amide bonds. The molecule has 1 aromatic heterocycles. The van der Waals surface area contributed by atoms with Gasteiger partial charge in [0.2, 0.25) is 0 Å². The lowest BCUT2D eigenvalue weighted by Crippen LogP contribution is -2.28. The molecule has 8 heteroatoms. The number of halogens is 1. The number of rotatable bonds is 6. The van der Waals surface area contributed by atoms with Crippen LogP contribution in [0.25, 0.3) is 0 Å². The van der Waals surface area contributed by atoms with E-state index in [1.807, 2.05) is 19.1 Å². The van der Waals surface area contributed by atoms with Crippen molar-refractivity contribution in [2.45, 2.75) is 32.9 Å². The number of hydrogen-bond donors (Lipinski definition) is 4. The first-order valence-electron chi connectivity index (χ1n) is 8.61. The lowest BCUT2D eigenvalue weighted by molar-refractivity contribution is 0.0942. The van der Waals surface area contributed by atoms with Crippen LogP contribution in [0.15, 0.2) is 24.3 Å². The Hall–Kier alpha value is -2.38. The smallest absolute Gasteiger partial charge is 0.272 e. The molecule has 26 heavy (non-hydrogen) atoms. The zero-order chi connectivity index (χ0) is 17.6. The van der Waals surface area contributed by atoms with Crippen LogP contribution in [0.4, 0.5) is 0 Å². The van der Waals surface area contributed by atoms with Gasteiger partial charge in [0.1, 0.15) is 0 Å². The van der Waals surface area contributed by atoms with Crippen molar-refractivity contribution in [1.29, 1.82) is 0 Å². The second-order valence-electron chi connectivity index (χ2n) is 6.10. The Morgan fingerprint density at radius 1 is 1.23 bits per heavy atom. The molecule has 0 atom stereocenters. The molecule has 2 aromatic rings. The number of hydrogen-bond acceptors (Lipinski definition) is 4. The van der Waals surface area contributed by atoms with Gasteiger partial charge in [-0.1, -0.05) is 19.1 Å². The van der Waals surface area contributed by atoms with Gasteiger partial charge in [-0.15, -0.1) is 12.4 Å². The number of nitrogens with zero attached hydrogens (tertiary/aromatic N) is 1. The average molecular weight is 378 g/mol. The minimum absolute atomic E-state index is 0. The fourth-order valence-electron chi connectivity index (χ4n) is 2.84. The molecule has 0 radical (unpaired) electrons. The summed E-state index contributed by atoms with van der Waals surface area (Å²) in [4.78, 5) is 24.4. The summed E-state index contributed by atoms with van der Waals surface area (Å²) in [6, 6.07) is 7.28. The third-order valence-electron chi connectivity index (χ3n) is 4.20. The standard InChI is InChI=1S/C18H23N5O2.ClH/c1-2-7-20-17(24)13-5-3-4-12(9-13)10-21-18(25)16-14-11-19-8-6-15(14)22-23-16;/h3-5,9,19H,2,6-8,10-11H2,1H3,(H,20,24)(H,21,25)(H,22,23);1H. The van der Waals surface area contributed by atoms with E-state index < -0.39 is 0 Å². The maximum absolute atomic E-state index is 12.4. The highest BCUT2D eigenvalue weighted by atomic mass is 35.5. The van der Waals surface area contributed by atoms with E-state index in [1.165, 1.54) is 0 Å². The third-order valence-corrected chi connectivity index (χ3v) is 4.20. The Bertz CT molecular complexity index is 775. The molecule has 1 aliphatic heterocycles. The van der Waals surface area contributed by atoms with Crippen molar-refractivity contribution < 1.29 is 9.59 Å². The number of nitrogens with one attached hydrogen (secondary N) is 4. The van der Waals surface area contributed by atoms with Crippen LogP contribution in [0.2, 0.25) is 0 Å².